The van der Waals surface area contributed by atoms with Gasteiger partial charge in [-0.15, -0.1) is 10.2 Å². The van der Waals surface area contributed by atoms with Gasteiger partial charge < -0.3 is 10.6 Å². The Bertz CT molecular complexity index is 1220. The maximum Gasteiger partial charge on any atom is 0.225 e. The van der Waals surface area contributed by atoms with Gasteiger partial charge in [-0.2, -0.15) is 0 Å². The van der Waals surface area contributed by atoms with Crippen LogP contribution in [0.3, 0.4) is 0 Å². The smallest absolute Gasteiger partial charge is 0.225 e. The van der Waals surface area contributed by atoms with Crippen LogP contribution in [0.5, 0.6) is 0 Å². The van der Waals surface area contributed by atoms with E-state index in [4.69, 9.17) is 0 Å². The molecule has 9 heteroatoms. The van der Waals surface area contributed by atoms with Crippen molar-refractivity contribution in [2.75, 3.05) is 16.4 Å². The van der Waals surface area contributed by atoms with Gasteiger partial charge in [0.25, 0.3) is 0 Å². The summed E-state index contributed by atoms with van der Waals surface area (Å²) in [6.07, 6.45) is 0.370. The van der Waals surface area contributed by atoms with Crippen molar-refractivity contribution in [1.82, 2.24) is 14.8 Å². The molecule has 0 fully saturated rings. The van der Waals surface area contributed by atoms with Crippen LogP contribution < -0.4 is 10.6 Å². The number of hydrogen-bond donors (Lipinski definition) is 2. The van der Waals surface area contributed by atoms with Crippen LogP contribution in [0.25, 0.3) is 5.69 Å². The molecule has 1 heterocycles. The zero-order valence-corrected chi connectivity index (χ0v) is 22.1. The average molecular weight is 634 g/mol. The summed E-state index contributed by atoms with van der Waals surface area (Å²) in [7, 11) is 0. The summed E-state index contributed by atoms with van der Waals surface area (Å²) in [5.74, 6) is 1.36. The Hall–Kier alpha value is -2.37. The monoisotopic (exact) mass is 633 g/mol. The third-order valence-corrected chi connectivity index (χ3v) is 6.82. The van der Waals surface area contributed by atoms with Crippen LogP contribution in [-0.2, 0) is 11.3 Å². The molecule has 0 aliphatic rings. The van der Waals surface area contributed by atoms with E-state index in [0.717, 1.165) is 32.5 Å². The SMILES string of the molecule is O=C(CCSc1nnc(CNc2ccc(I)cc2)n1-c1ccccc1)Nc1cccc(Br)c1. The zero-order chi connectivity index (χ0) is 23.0. The summed E-state index contributed by atoms with van der Waals surface area (Å²) in [4.78, 5) is 12.4. The van der Waals surface area contributed by atoms with Crippen molar-refractivity contribution in [2.24, 2.45) is 0 Å². The molecular formula is C24H21BrIN5OS. The normalized spacial score (nSPS) is 10.7. The lowest BCUT2D eigenvalue weighted by Gasteiger charge is -2.11. The van der Waals surface area contributed by atoms with Crippen LogP contribution in [0.4, 0.5) is 11.4 Å². The van der Waals surface area contributed by atoms with Gasteiger partial charge in [0, 0.05) is 37.3 Å². The molecule has 4 aromatic rings. The first-order valence-electron chi connectivity index (χ1n) is 10.3. The summed E-state index contributed by atoms with van der Waals surface area (Å²) in [5, 5.41) is 15.9. The Morgan fingerprint density at radius 2 is 1.76 bits per heavy atom. The van der Waals surface area contributed by atoms with Gasteiger partial charge in [-0.05, 0) is 77.2 Å². The van der Waals surface area contributed by atoms with E-state index in [2.05, 4.69) is 71.5 Å². The van der Waals surface area contributed by atoms with Crippen molar-refractivity contribution >= 4 is 67.6 Å². The van der Waals surface area contributed by atoms with Gasteiger partial charge in [-0.3, -0.25) is 9.36 Å². The fraction of sp³-hybridized carbons (Fsp3) is 0.125. The van der Waals surface area contributed by atoms with Crippen molar-refractivity contribution in [3.05, 3.63) is 92.7 Å². The lowest BCUT2D eigenvalue weighted by molar-refractivity contribution is -0.115. The van der Waals surface area contributed by atoms with E-state index in [9.17, 15) is 4.79 Å². The molecule has 0 atom stereocenters. The molecule has 0 saturated heterocycles. The topological polar surface area (TPSA) is 71.8 Å². The van der Waals surface area contributed by atoms with Crippen LogP contribution in [0.2, 0.25) is 0 Å². The third kappa shape index (κ3) is 6.81. The average Bonchev–Trinajstić information content (AvgIpc) is 3.22. The number of anilines is 2. The Balaban J connectivity index is 1.42. The second kappa shape index (κ2) is 11.7. The second-order valence-electron chi connectivity index (χ2n) is 7.09. The number of amides is 1. The van der Waals surface area contributed by atoms with Crippen molar-refractivity contribution in [1.29, 1.82) is 0 Å². The maximum atomic E-state index is 12.4. The largest absolute Gasteiger partial charge is 0.378 e. The van der Waals surface area contributed by atoms with Crippen LogP contribution in [0.1, 0.15) is 12.2 Å². The van der Waals surface area contributed by atoms with E-state index in [0.29, 0.717) is 18.7 Å². The predicted octanol–water partition coefficient (Wildman–Crippen LogP) is 6.37. The van der Waals surface area contributed by atoms with Gasteiger partial charge in [0.05, 0.1) is 6.54 Å². The molecule has 1 amide bonds. The highest BCUT2D eigenvalue weighted by molar-refractivity contribution is 14.1. The van der Waals surface area contributed by atoms with Crippen LogP contribution in [0.15, 0.2) is 88.5 Å². The Kier molecular flexibility index (Phi) is 8.40. The highest BCUT2D eigenvalue weighted by atomic mass is 127. The third-order valence-electron chi connectivity index (χ3n) is 4.68. The summed E-state index contributed by atoms with van der Waals surface area (Å²) in [6.45, 7) is 0.534. The number of aromatic nitrogens is 3. The molecule has 3 aromatic carbocycles. The lowest BCUT2D eigenvalue weighted by atomic mass is 10.3. The molecule has 2 N–H and O–H groups in total. The van der Waals surface area contributed by atoms with Crippen LogP contribution in [-0.4, -0.2) is 26.4 Å². The summed E-state index contributed by atoms with van der Waals surface area (Å²) >= 11 is 7.23. The Morgan fingerprint density at radius 3 is 2.52 bits per heavy atom. The predicted molar refractivity (Wildman–Crippen MR) is 146 cm³/mol. The molecule has 0 aliphatic heterocycles. The summed E-state index contributed by atoms with van der Waals surface area (Å²) in [6, 6.07) is 25.8. The zero-order valence-electron chi connectivity index (χ0n) is 17.5. The lowest BCUT2D eigenvalue weighted by Crippen LogP contribution is -2.12. The molecule has 33 heavy (non-hydrogen) atoms. The van der Waals surface area contributed by atoms with E-state index in [1.807, 2.05) is 71.3 Å². The fourth-order valence-electron chi connectivity index (χ4n) is 3.12. The Labute approximate surface area is 218 Å². The number of nitrogens with one attached hydrogen (secondary N) is 2. The molecule has 0 bridgehead atoms. The highest BCUT2D eigenvalue weighted by Crippen LogP contribution is 2.24. The van der Waals surface area contributed by atoms with Gasteiger partial charge in [0.2, 0.25) is 5.91 Å². The number of halogens is 2. The summed E-state index contributed by atoms with van der Waals surface area (Å²) < 4.78 is 4.15. The molecule has 168 valence electrons. The Morgan fingerprint density at radius 1 is 0.970 bits per heavy atom. The highest BCUT2D eigenvalue weighted by Gasteiger charge is 2.15. The molecule has 4 rings (SSSR count). The number of para-hydroxylation sites is 1. The quantitative estimate of drug-likeness (QED) is 0.166. The molecule has 6 nitrogen and oxygen atoms in total. The van der Waals surface area contributed by atoms with E-state index in [1.165, 1.54) is 15.3 Å². The van der Waals surface area contributed by atoms with E-state index >= 15 is 0 Å². The van der Waals surface area contributed by atoms with Gasteiger partial charge >= 0.3 is 0 Å². The molecule has 1 aromatic heterocycles. The first-order chi connectivity index (χ1) is 16.1. The molecule has 0 radical (unpaired) electrons. The second-order valence-corrected chi connectivity index (χ2v) is 10.3. The molecule has 0 unspecified atom stereocenters. The minimum absolute atomic E-state index is 0.0352. The molecule has 0 spiro atoms. The van der Waals surface area contributed by atoms with Crippen molar-refractivity contribution < 1.29 is 4.79 Å². The summed E-state index contributed by atoms with van der Waals surface area (Å²) in [5.41, 5.74) is 2.79. The minimum atomic E-state index is -0.0352. The van der Waals surface area contributed by atoms with Gasteiger partial charge in [0.1, 0.15) is 0 Å². The number of thioether (sulfide) groups is 1. The number of rotatable bonds is 9. The minimum Gasteiger partial charge on any atom is -0.378 e. The van der Waals surface area contributed by atoms with Gasteiger partial charge in [-0.1, -0.05) is 52.0 Å². The van der Waals surface area contributed by atoms with Crippen LogP contribution >= 0.6 is 50.3 Å². The first kappa shape index (κ1) is 23.8. The molecular weight excluding hydrogens is 613 g/mol. The van der Waals surface area contributed by atoms with E-state index in [-0.39, 0.29) is 5.91 Å². The van der Waals surface area contributed by atoms with Crippen molar-refractivity contribution in [2.45, 2.75) is 18.1 Å². The van der Waals surface area contributed by atoms with Gasteiger partial charge in [0.15, 0.2) is 11.0 Å². The van der Waals surface area contributed by atoms with Crippen LogP contribution in [0, 0.1) is 3.57 Å². The molecule has 0 aliphatic carbocycles. The number of nitrogens with zero attached hydrogens (tertiary/aromatic N) is 3. The van der Waals surface area contributed by atoms with E-state index in [1.54, 1.807) is 0 Å². The molecule has 0 saturated carbocycles. The number of carbonyl (C=O) groups excluding carboxylic acids is 1. The van der Waals surface area contributed by atoms with Gasteiger partial charge in [-0.25, -0.2) is 0 Å². The number of hydrogen-bond acceptors (Lipinski definition) is 5. The number of carbonyl (C=O) groups is 1. The van der Waals surface area contributed by atoms with E-state index < -0.39 is 0 Å². The van der Waals surface area contributed by atoms with Crippen molar-refractivity contribution in [3.63, 3.8) is 0 Å². The maximum absolute atomic E-state index is 12.4. The number of benzene rings is 3. The van der Waals surface area contributed by atoms with Crippen molar-refractivity contribution in [3.8, 4) is 5.69 Å². The standard InChI is InChI=1S/C24H21BrIN5OS/c25-17-5-4-6-20(15-17)28-23(32)13-14-33-24-30-29-22(31(24)21-7-2-1-3-8-21)16-27-19-11-9-18(26)10-12-19/h1-12,15,27H,13-14,16H2,(H,28,32). The fourth-order valence-corrected chi connectivity index (χ4v) is 4.79. The first-order valence-corrected chi connectivity index (χ1v) is 13.1.